The smallest absolute Gasteiger partial charge is 0.263 e. The molecule has 0 amide bonds. The summed E-state index contributed by atoms with van der Waals surface area (Å²) in [4.78, 5) is -0.0584. The Labute approximate surface area is 132 Å². The fourth-order valence-electron chi connectivity index (χ4n) is 1.73. The molecule has 0 spiro atoms. The molecule has 0 fully saturated rings. The molecular weight excluding hydrogens is 337 g/mol. The van der Waals surface area contributed by atoms with Crippen molar-refractivity contribution in [3.63, 3.8) is 0 Å². The first-order chi connectivity index (χ1) is 9.74. The maximum absolute atomic E-state index is 12.4. The fraction of sp³-hybridized carbons (Fsp3) is 0.250. The zero-order chi connectivity index (χ0) is 15.8. The quantitative estimate of drug-likeness (QED) is 0.920. The molecule has 0 saturated heterocycles. The van der Waals surface area contributed by atoms with E-state index in [0.717, 1.165) is 0 Å². The van der Waals surface area contributed by atoms with E-state index < -0.39 is 10.0 Å². The highest BCUT2D eigenvalue weighted by Crippen LogP contribution is 2.31. The number of nitrogens with zero attached hydrogens (tertiary/aromatic N) is 2. The maximum atomic E-state index is 12.4. The number of nitrogens with one attached hydrogen (secondary N) is 1. The van der Waals surface area contributed by atoms with Gasteiger partial charge < -0.3 is 4.74 Å². The van der Waals surface area contributed by atoms with Crippen molar-refractivity contribution in [1.82, 2.24) is 9.78 Å². The lowest BCUT2D eigenvalue weighted by molar-refractivity contribution is 0.393. The van der Waals surface area contributed by atoms with Crippen molar-refractivity contribution in [2.75, 3.05) is 11.8 Å². The Morgan fingerprint density at radius 3 is 2.57 bits per heavy atom. The molecule has 1 heterocycles. The molecule has 1 N–H and O–H groups in total. The zero-order valence-corrected chi connectivity index (χ0v) is 13.8. The molecular formula is C12H13Cl2N3O3S. The third kappa shape index (κ3) is 3.25. The number of methoxy groups -OCH3 is 1. The van der Waals surface area contributed by atoms with Gasteiger partial charge in [0.1, 0.15) is 10.6 Å². The monoisotopic (exact) mass is 349 g/mol. The number of anilines is 1. The molecule has 1 aromatic carbocycles. The van der Waals surface area contributed by atoms with E-state index in [0.29, 0.717) is 10.6 Å². The lowest BCUT2D eigenvalue weighted by Gasteiger charge is -2.10. The van der Waals surface area contributed by atoms with Crippen molar-refractivity contribution in [3.05, 3.63) is 33.9 Å². The van der Waals surface area contributed by atoms with E-state index in [1.165, 1.54) is 30.1 Å². The summed E-state index contributed by atoms with van der Waals surface area (Å²) in [5.74, 6) is 0.169. The second-order valence-electron chi connectivity index (χ2n) is 4.36. The van der Waals surface area contributed by atoms with Gasteiger partial charge in [-0.2, -0.15) is 0 Å². The number of benzene rings is 1. The average Bonchev–Trinajstić information content (AvgIpc) is 2.72. The summed E-state index contributed by atoms with van der Waals surface area (Å²) in [6.07, 6.45) is 1.49. The van der Waals surface area contributed by atoms with Crippen molar-refractivity contribution >= 4 is 38.9 Å². The number of hydrogen-bond acceptors (Lipinski definition) is 4. The van der Waals surface area contributed by atoms with Crippen LogP contribution in [0, 0.1) is 6.92 Å². The van der Waals surface area contributed by atoms with Gasteiger partial charge in [-0.1, -0.05) is 23.2 Å². The lowest BCUT2D eigenvalue weighted by Crippen LogP contribution is -2.14. The van der Waals surface area contributed by atoms with Gasteiger partial charge >= 0.3 is 0 Å². The molecule has 114 valence electrons. The van der Waals surface area contributed by atoms with E-state index >= 15 is 0 Å². The van der Waals surface area contributed by atoms with Crippen molar-refractivity contribution in [2.45, 2.75) is 11.8 Å². The summed E-state index contributed by atoms with van der Waals surface area (Å²) >= 11 is 11.9. The second-order valence-corrected chi connectivity index (χ2v) is 6.83. The van der Waals surface area contributed by atoms with Crippen LogP contribution in [0.15, 0.2) is 23.2 Å². The Bertz CT molecular complexity index is 787. The molecule has 9 heteroatoms. The van der Waals surface area contributed by atoms with Crippen molar-refractivity contribution in [3.8, 4) is 5.88 Å². The molecule has 21 heavy (non-hydrogen) atoms. The van der Waals surface area contributed by atoms with E-state index in [4.69, 9.17) is 27.9 Å². The summed E-state index contributed by atoms with van der Waals surface area (Å²) in [6.45, 7) is 1.70. The van der Waals surface area contributed by atoms with Crippen LogP contribution < -0.4 is 9.46 Å². The molecule has 2 aromatic rings. The molecule has 0 bridgehead atoms. The molecule has 0 radical (unpaired) electrons. The van der Waals surface area contributed by atoms with Crippen LogP contribution in [0.5, 0.6) is 5.88 Å². The first kappa shape index (κ1) is 15.9. The molecule has 0 unspecified atom stereocenters. The van der Waals surface area contributed by atoms with E-state index in [9.17, 15) is 8.42 Å². The van der Waals surface area contributed by atoms with Gasteiger partial charge in [-0.25, -0.2) is 8.42 Å². The van der Waals surface area contributed by atoms with Gasteiger partial charge in [0.05, 0.1) is 18.3 Å². The first-order valence-electron chi connectivity index (χ1n) is 5.80. The standard InChI is InChI=1S/C12H13Cl2N3O3S/c1-7-4-11(9(14)5-8(7)13)21(18,19)16-10-6-17(2)15-12(10)20-3/h4-6,16H,1-3H3. The van der Waals surface area contributed by atoms with E-state index in [1.807, 2.05) is 0 Å². The highest BCUT2D eigenvalue weighted by atomic mass is 35.5. The number of aromatic nitrogens is 2. The highest BCUT2D eigenvalue weighted by molar-refractivity contribution is 7.92. The predicted octanol–water partition coefficient (Wildman–Crippen LogP) is 2.84. The van der Waals surface area contributed by atoms with Gasteiger partial charge in [0.15, 0.2) is 0 Å². The van der Waals surface area contributed by atoms with Crippen molar-refractivity contribution in [1.29, 1.82) is 0 Å². The van der Waals surface area contributed by atoms with Gasteiger partial charge in [0, 0.05) is 12.1 Å². The van der Waals surface area contributed by atoms with Crippen molar-refractivity contribution < 1.29 is 13.2 Å². The highest BCUT2D eigenvalue weighted by Gasteiger charge is 2.22. The van der Waals surface area contributed by atoms with Crippen LogP contribution >= 0.6 is 23.2 Å². The molecule has 0 saturated carbocycles. The SMILES string of the molecule is COc1nn(C)cc1NS(=O)(=O)c1cc(C)c(Cl)cc1Cl. The Hall–Kier alpha value is -1.44. The minimum atomic E-state index is -3.88. The largest absolute Gasteiger partial charge is 0.478 e. The van der Waals surface area contributed by atoms with Gasteiger partial charge in [-0.05, 0) is 24.6 Å². The average molecular weight is 350 g/mol. The molecule has 1 aromatic heterocycles. The van der Waals surface area contributed by atoms with Gasteiger partial charge in [0.2, 0.25) is 0 Å². The van der Waals surface area contributed by atoms with Crippen LogP contribution in [-0.2, 0) is 17.1 Å². The Balaban J connectivity index is 2.45. The molecule has 0 aliphatic carbocycles. The normalized spacial score (nSPS) is 11.5. The third-order valence-corrected chi connectivity index (χ3v) is 4.97. The number of rotatable bonds is 4. The minimum Gasteiger partial charge on any atom is -0.478 e. The molecule has 6 nitrogen and oxygen atoms in total. The number of halogens is 2. The summed E-state index contributed by atoms with van der Waals surface area (Å²) < 4.78 is 33.7. The molecule has 2 rings (SSSR count). The fourth-order valence-corrected chi connectivity index (χ4v) is 3.60. The van der Waals surface area contributed by atoms with Crippen LogP contribution in [0.1, 0.15) is 5.56 Å². The third-order valence-electron chi connectivity index (χ3n) is 2.74. The van der Waals surface area contributed by atoms with E-state index in [2.05, 4.69) is 9.82 Å². The summed E-state index contributed by atoms with van der Waals surface area (Å²) in [7, 11) is -0.822. The summed E-state index contributed by atoms with van der Waals surface area (Å²) in [6, 6.07) is 2.81. The first-order valence-corrected chi connectivity index (χ1v) is 8.04. The molecule has 0 aliphatic heterocycles. The van der Waals surface area contributed by atoms with Crippen LogP contribution in [0.25, 0.3) is 0 Å². The van der Waals surface area contributed by atoms with Gasteiger partial charge in [-0.15, -0.1) is 5.10 Å². The second kappa shape index (κ2) is 5.75. The number of ether oxygens (including phenoxy) is 1. The van der Waals surface area contributed by atoms with Gasteiger partial charge in [0.25, 0.3) is 15.9 Å². The van der Waals surface area contributed by atoms with Crippen LogP contribution in [0.4, 0.5) is 5.69 Å². The topological polar surface area (TPSA) is 73.2 Å². The number of hydrogen-bond donors (Lipinski definition) is 1. The Morgan fingerprint density at radius 2 is 1.95 bits per heavy atom. The van der Waals surface area contributed by atoms with Crippen LogP contribution in [-0.4, -0.2) is 25.3 Å². The minimum absolute atomic E-state index is 0.0426. The van der Waals surface area contributed by atoms with E-state index in [-0.39, 0.29) is 21.5 Å². The molecule has 0 atom stereocenters. The zero-order valence-electron chi connectivity index (χ0n) is 11.5. The van der Waals surface area contributed by atoms with Crippen molar-refractivity contribution in [2.24, 2.45) is 7.05 Å². The van der Waals surface area contributed by atoms with Gasteiger partial charge in [-0.3, -0.25) is 9.40 Å². The van der Waals surface area contributed by atoms with Crippen LogP contribution in [0.2, 0.25) is 10.0 Å². The Kier molecular flexibility index (Phi) is 4.36. The number of sulfonamides is 1. The molecule has 0 aliphatic rings. The van der Waals surface area contributed by atoms with Crippen LogP contribution in [0.3, 0.4) is 0 Å². The predicted molar refractivity (Wildman–Crippen MR) is 81.8 cm³/mol. The number of aryl methyl sites for hydroxylation is 2. The van der Waals surface area contributed by atoms with E-state index in [1.54, 1.807) is 14.0 Å². The summed E-state index contributed by atoms with van der Waals surface area (Å²) in [5, 5.41) is 4.42. The maximum Gasteiger partial charge on any atom is 0.263 e. The Morgan fingerprint density at radius 1 is 1.29 bits per heavy atom. The lowest BCUT2D eigenvalue weighted by atomic mass is 10.2. The summed E-state index contributed by atoms with van der Waals surface area (Å²) in [5.41, 5.74) is 0.836.